The fourth-order valence-electron chi connectivity index (χ4n) is 2.59. The standard InChI is InChI=1S/C19H20N4O2/c1-12(2)22-19(25)16-11-21-18-15(16)9-14(10-20-18)23-17(24)8-13-6-4-3-5-7-13/h3-7,9-12H,8H2,1-2H3,(H,20,21)(H,22,25)(H,23,24). The van der Waals surface area contributed by atoms with Gasteiger partial charge in [0, 0.05) is 17.6 Å². The van der Waals surface area contributed by atoms with Gasteiger partial charge in [-0.3, -0.25) is 9.59 Å². The number of benzene rings is 1. The Bertz CT molecular complexity index is 900. The third-order valence-electron chi connectivity index (χ3n) is 3.69. The lowest BCUT2D eigenvalue weighted by atomic mass is 10.1. The molecule has 2 aromatic heterocycles. The third kappa shape index (κ3) is 4.03. The van der Waals surface area contributed by atoms with Crippen molar-refractivity contribution in [3.63, 3.8) is 0 Å². The van der Waals surface area contributed by atoms with E-state index in [0.29, 0.717) is 22.3 Å². The summed E-state index contributed by atoms with van der Waals surface area (Å²) in [5.74, 6) is -0.299. The zero-order valence-corrected chi connectivity index (χ0v) is 14.2. The van der Waals surface area contributed by atoms with E-state index in [0.717, 1.165) is 5.56 Å². The summed E-state index contributed by atoms with van der Waals surface area (Å²) in [7, 11) is 0. The van der Waals surface area contributed by atoms with Gasteiger partial charge >= 0.3 is 0 Å². The van der Waals surface area contributed by atoms with Gasteiger partial charge in [-0.25, -0.2) is 4.98 Å². The van der Waals surface area contributed by atoms with Crippen molar-refractivity contribution in [2.45, 2.75) is 26.3 Å². The fourth-order valence-corrected chi connectivity index (χ4v) is 2.59. The quantitative estimate of drug-likeness (QED) is 0.669. The Morgan fingerprint density at radius 2 is 1.96 bits per heavy atom. The van der Waals surface area contributed by atoms with E-state index in [2.05, 4.69) is 20.6 Å². The molecule has 0 spiro atoms. The molecule has 0 aliphatic heterocycles. The number of carbonyl (C=O) groups excluding carboxylic acids is 2. The van der Waals surface area contributed by atoms with Crippen molar-refractivity contribution in [1.82, 2.24) is 15.3 Å². The highest BCUT2D eigenvalue weighted by molar-refractivity contribution is 6.07. The van der Waals surface area contributed by atoms with E-state index >= 15 is 0 Å². The zero-order valence-electron chi connectivity index (χ0n) is 14.2. The molecule has 0 saturated heterocycles. The Morgan fingerprint density at radius 3 is 2.68 bits per heavy atom. The van der Waals surface area contributed by atoms with Gasteiger partial charge in [0.25, 0.3) is 5.91 Å². The summed E-state index contributed by atoms with van der Waals surface area (Å²) >= 11 is 0. The molecule has 3 rings (SSSR count). The highest BCUT2D eigenvalue weighted by Crippen LogP contribution is 2.20. The summed E-state index contributed by atoms with van der Waals surface area (Å²) in [5, 5.41) is 6.36. The molecule has 0 aliphatic rings. The van der Waals surface area contributed by atoms with Crippen LogP contribution in [0.25, 0.3) is 11.0 Å². The maximum absolute atomic E-state index is 12.3. The Kier molecular flexibility index (Phi) is 4.79. The van der Waals surface area contributed by atoms with Crippen LogP contribution in [0.4, 0.5) is 5.69 Å². The predicted octanol–water partition coefficient (Wildman–Crippen LogP) is 2.88. The van der Waals surface area contributed by atoms with Crippen LogP contribution in [0.3, 0.4) is 0 Å². The van der Waals surface area contributed by atoms with E-state index in [1.807, 2.05) is 44.2 Å². The number of hydrogen-bond acceptors (Lipinski definition) is 3. The highest BCUT2D eigenvalue weighted by Gasteiger charge is 2.14. The predicted molar refractivity (Wildman–Crippen MR) is 97.5 cm³/mol. The molecule has 0 saturated carbocycles. The number of aromatic nitrogens is 2. The lowest BCUT2D eigenvalue weighted by Crippen LogP contribution is -2.29. The smallest absolute Gasteiger partial charge is 0.253 e. The van der Waals surface area contributed by atoms with Crippen molar-refractivity contribution < 1.29 is 9.59 Å². The molecule has 3 N–H and O–H groups in total. The summed E-state index contributed by atoms with van der Waals surface area (Å²) in [6.45, 7) is 3.81. The van der Waals surface area contributed by atoms with Gasteiger partial charge in [-0.2, -0.15) is 0 Å². The molecule has 25 heavy (non-hydrogen) atoms. The van der Waals surface area contributed by atoms with Crippen molar-refractivity contribution >= 4 is 28.5 Å². The second-order valence-corrected chi connectivity index (χ2v) is 6.16. The third-order valence-corrected chi connectivity index (χ3v) is 3.69. The normalized spacial score (nSPS) is 10.8. The van der Waals surface area contributed by atoms with Crippen molar-refractivity contribution in [3.05, 3.63) is 59.9 Å². The number of carbonyl (C=O) groups is 2. The second-order valence-electron chi connectivity index (χ2n) is 6.16. The molecule has 6 heteroatoms. The van der Waals surface area contributed by atoms with Crippen LogP contribution in [-0.2, 0) is 11.2 Å². The second kappa shape index (κ2) is 7.17. The van der Waals surface area contributed by atoms with E-state index in [1.165, 1.54) is 0 Å². The summed E-state index contributed by atoms with van der Waals surface area (Å²) in [6.07, 6.45) is 3.49. The number of hydrogen-bond donors (Lipinski definition) is 3. The summed E-state index contributed by atoms with van der Waals surface area (Å²) in [4.78, 5) is 31.7. The first-order chi connectivity index (χ1) is 12.0. The van der Waals surface area contributed by atoms with Crippen LogP contribution in [0, 0.1) is 0 Å². The number of fused-ring (bicyclic) bond motifs is 1. The Hall–Kier alpha value is -3.15. The van der Waals surface area contributed by atoms with Crippen molar-refractivity contribution in [2.24, 2.45) is 0 Å². The summed E-state index contributed by atoms with van der Waals surface area (Å²) in [6, 6.07) is 11.3. The maximum Gasteiger partial charge on any atom is 0.253 e. The van der Waals surface area contributed by atoms with Crippen LogP contribution in [0.1, 0.15) is 29.8 Å². The molecular formula is C19H20N4O2. The van der Waals surface area contributed by atoms with Crippen LogP contribution in [0.15, 0.2) is 48.8 Å². The first kappa shape index (κ1) is 16.7. The average Bonchev–Trinajstić information content (AvgIpc) is 2.98. The SMILES string of the molecule is CC(C)NC(=O)c1c[nH]c2ncc(NC(=O)Cc3ccccc3)cc12. The van der Waals surface area contributed by atoms with Gasteiger partial charge in [0.1, 0.15) is 5.65 Å². The number of rotatable bonds is 5. The Labute approximate surface area is 145 Å². The number of nitrogens with zero attached hydrogens (tertiary/aromatic N) is 1. The van der Waals surface area contributed by atoms with Crippen LogP contribution < -0.4 is 10.6 Å². The molecule has 0 bridgehead atoms. The minimum atomic E-state index is -0.171. The topological polar surface area (TPSA) is 86.9 Å². The van der Waals surface area contributed by atoms with Crippen LogP contribution >= 0.6 is 0 Å². The van der Waals surface area contributed by atoms with Gasteiger partial charge in [-0.15, -0.1) is 0 Å². The van der Waals surface area contributed by atoms with Crippen molar-refractivity contribution in [1.29, 1.82) is 0 Å². The number of aromatic amines is 1. The minimum absolute atomic E-state index is 0.0409. The number of pyridine rings is 1. The number of amides is 2. The van der Waals surface area contributed by atoms with Gasteiger partial charge in [-0.05, 0) is 25.5 Å². The largest absolute Gasteiger partial charge is 0.350 e. The first-order valence-electron chi connectivity index (χ1n) is 8.14. The molecule has 2 heterocycles. The molecule has 0 radical (unpaired) electrons. The van der Waals surface area contributed by atoms with Crippen molar-refractivity contribution in [3.8, 4) is 0 Å². The van der Waals surface area contributed by atoms with Crippen LogP contribution in [0.5, 0.6) is 0 Å². The summed E-state index contributed by atoms with van der Waals surface area (Å²) in [5.41, 5.74) is 2.62. The molecule has 6 nitrogen and oxygen atoms in total. The van der Waals surface area contributed by atoms with E-state index in [-0.39, 0.29) is 24.3 Å². The number of anilines is 1. The molecule has 0 aliphatic carbocycles. The lowest BCUT2D eigenvalue weighted by Gasteiger charge is -2.08. The highest BCUT2D eigenvalue weighted by atomic mass is 16.2. The van der Waals surface area contributed by atoms with Crippen molar-refractivity contribution in [2.75, 3.05) is 5.32 Å². The Morgan fingerprint density at radius 1 is 1.20 bits per heavy atom. The van der Waals surface area contributed by atoms with Gasteiger partial charge in [-0.1, -0.05) is 30.3 Å². The molecule has 1 aromatic carbocycles. The number of H-pyrrole nitrogens is 1. The molecule has 0 atom stereocenters. The minimum Gasteiger partial charge on any atom is -0.350 e. The first-order valence-corrected chi connectivity index (χ1v) is 8.14. The van der Waals surface area contributed by atoms with E-state index in [4.69, 9.17) is 0 Å². The van der Waals surface area contributed by atoms with Gasteiger partial charge < -0.3 is 15.6 Å². The van der Waals surface area contributed by atoms with Crippen LogP contribution in [0.2, 0.25) is 0 Å². The average molecular weight is 336 g/mol. The van der Waals surface area contributed by atoms with Gasteiger partial charge in [0.05, 0.1) is 23.9 Å². The molecule has 0 unspecified atom stereocenters. The Balaban J connectivity index is 1.78. The number of nitrogens with one attached hydrogen (secondary N) is 3. The van der Waals surface area contributed by atoms with E-state index < -0.39 is 0 Å². The van der Waals surface area contributed by atoms with E-state index in [9.17, 15) is 9.59 Å². The van der Waals surface area contributed by atoms with Crippen LogP contribution in [-0.4, -0.2) is 27.8 Å². The fraction of sp³-hybridized carbons (Fsp3) is 0.211. The zero-order chi connectivity index (χ0) is 17.8. The van der Waals surface area contributed by atoms with Gasteiger partial charge in [0.2, 0.25) is 5.91 Å². The molecule has 128 valence electrons. The summed E-state index contributed by atoms with van der Waals surface area (Å²) < 4.78 is 0. The lowest BCUT2D eigenvalue weighted by molar-refractivity contribution is -0.115. The monoisotopic (exact) mass is 336 g/mol. The maximum atomic E-state index is 12.3. The van der Waals surface area contributed by atoms with Gasteiger partial charge in [0.15, 0.2) is 0 Å². The molecule has 2 amide bonds. The molecule has 3 aromatic rings. The molecule has 0 fully saturated rings. The van der Waals surface area contributed by atoms with E-state index in [1.54, 1.807) is 18.5 Å². The molecular weight excluding hydrogens is 316 g/mol.